The van der Waals surface area contributed by atoms with Crippen molar-refractivity contribution in [3.05, 3.63) is 64.6 Å². The predicted octanol–water partition coefficient (Wildman–Crippen LogP) is 3.39. The van der Waals surface area contributed by atoms with E-state index in [1.165, 1.54) is 0 Å². The molecule has 0 spiro atoms. The molecule has 0 atom stereocenters. The van der Waals surface area contributed by atoms with Crippen LogP contribution in [0, 0.1) is 0 Å². The number of benzene rings is 2. The first-order valence-electron chi connectivity index (χ1n) is 5.35. The van der Waals surface area contributed by atoms with Crippen LogP contribution in [-0.2, 0) is 15.8 Å². The van der Waals surface area contributed by atoms with Gasteiger partial charge < -0.3 is 0 Å². The molecule has 2 rings (SSSR count). The number of hydrogen-bond acceptors (Lipinski definition) is 2. The second kappa shape index (κ2) is 5.54. The minimum absolute atomic E-state index is 0.0239. The van der Waals surface area contributed by atoms with Gasteiger partial charge in [-0.05, 0) is 29.8 Å². The molecule has 2 aromatic carbocycles. The molecule has 18 heavy (non-hydrogen) atoms. The number of sulfonamides is 1. The molecular formula is C13H12BrNO2S. The average Bonchev–Trinajstić information content (AvgIpc) is 2.32. The molecule has 0 fully saturated rings. The van der Waals surface area contributed by atoms with Crippen LogP contribution in [0.4, 0.5) is 5.69 Å². The molecule has 0 radical (unpaired) electrons. The Bertz CT molecular complexity index is 609. The van der Waals surface area contributed by atoms with Gasteiger partial charge in [0.15, 0.2) is 0 Å². The highest BCUT2D eigenvalue weighted by atomic mass is 79.9. The second-order valence-electron chi connectivity index (χ2n) is 3.85. The van der Waals surface area contributed by atoms with Gasteiger partial charge in [-0.2, -0.15) is 0 Å². The highest BCUT2D eigenvalue weighted by molar-refractivity contribution is 9.10. The molecule has 5 heteroatoms. The summed E-state index contributed by atoms with van der Waals surface area (Å²) in [5.41, 5.74) is 1.33. The van der Waals surface area contributed by atoms with E-state index in [1.807, 2.05) is 18.2 Å². The standard InChI is InChI=1S/C13H12BrNO2S/c14-12-6-8-13(9-7-12)15-18(16,17)10-11-4-2-1-3-5-11/h1-9,15H,10H2. The van der Waals surface area contributed by atoms with Crippen molar-refractivity contribution >= 4 is 31.6 Å². The highest BCUT2D eigenvalue weighted by Crippen LogP contribution is 2.16. The molecule has 3 nitrogen and oxygen atoms in total. The molecule has 0 saturated carbocycles. The van der Waals surface area contributed by atoms with Gasteiger partial charge in [-0.15, -0.1) is 0 Å². The summed E-state index contributed by atoms with van der Waals surface area (Å²) in [6.45, 7) is 0. The second-order valence-corrected chi connectivity index (χ2v) is 6.49. The quantitative estimate of drug-likeness (QED) is 0.936. The van der Waals surface area contributed by atoms with Crippen molar-refractivity contribution in [2.45, 2.75) is 5.75 Å². The van der Waals surface area contributed by atoms with E-state index in [0.717, 1.165) is 10.0 Å². The first-order chi connectivity index (χ1) is 8.55. The van der Waals surface area contributed by atoms with Crippen LogP contribution < -0.4 is 4.72 Å². The van der Waals surface area contributed by atoms with E-state index in [4.69, 9.17) is 0 Å². The first kappa shape index (κ1) is 13.1. The van der Waals surface area contributed by atoms with Crippen LogP contribution in [0.25, 0.3) is 0 Å². The zero-order chi connectivity index (χ0) is 13.0. The van der Waals surface area contributed by atoms with E-state index in [1.54, 1.807) is 36.4 Å². The van der Waals surface area contributed by atoms with Gasteiger partial charge in [0.25, 0.3) is 0 Å². The Hall–Kier alpha value is -1.33. The summed E-state index contributed by atoms with van der Waals surface area (Å²) >= 11 is 3.30. The van der Waals surface area contributed by atoms with Crippen molar-refractivity contribution in [1.29, 1.82) is 0 Å². The molecule has 0 bridgehead atoms. The van der Waals surface area contributed by atoms with Crippen LogP contribution >= 0.6 is 15.9 Å². The van der Waals surface area contributed by atoms with Crippen molar-refractivity contribution in [3.8, 4) is 0 Å². The van der Waals surface area contributed by atoms with Gasteiger partial charge in [-0.1, -0.05) is 46.3 Å². The van der Waals surface area contributed by atoms with Crippen molar-refractivity contribution in [1.82, 2.24) is 0 Å². The van der Waals surface area contributed by atoms with Crippen LogP contribution in [0.5, 0.6) is 0 Å². The van der Waals surface area contributed by atoms with Crippen LogP contribution in [0.15, 0.2) is 59.1 Å². The molecule has 0 amide bonds. The minimum Gasteiger partial charge on any atom is -0.283 e. The van der Waals surface area contributed by atoms with Crippen LogP contribution in [0.3, 0.4) is 0 Å². The molecule has 94 valence electrons. The molecule has 0 saturated heterocycles. The van der Waals surface area contributed by atoms with Crippen molar-refractivity contribution < 1.29 is 8.42 Å². The lowest BCUT2D eigenvalue weighted by Crippen LogP contribution is -2.14. The van der Waals surface area contributed by atoms with Gasteiger partial charge in [-0.25, -0.2) is 8.42 Å². The van der Waals surface area contributed by atoms with Crippen LogP contribution in [-0.4, -0.2) is 8.42 Å². The SMILES string of the molecule is O=S(=O)(Cc1ccccc1)Nc1ccc(Br)cc1. The number of hydrogen-bond donors (Lipinski definition) is 1. The fourth-order valence-electron chi connectivity index (χ4n) is 1.53. The molecule has 0 aliphatic carbocycles. The molecule has 0 heterocycles. The van der Waals surface area contributed by atoms with E-state index in [9.17, 15) is 8.42 Å². The Kier molecular flexibility index (Phi) is 4.04. The summed E-state index contributed by atoms with van der Waals surface area (Å²) in [7, 11) is -3.37. The summed E-state index contributed by atoms with van der Waals surface area (Å²) in [4.78, 5) is 0. The Labute approximate surface area is 115 Å². The topological polar surface area (TPSA) is 46.2 Å². The Morgan fingerprint density at radius 2 is 1.56 bits per heavy atom. The summed E-state index contributed by atoms with van der Waals surface area (Å²) in [5.74, 6) is -0.0239. The van der Waals surface area contributed by atoms with Gasteiger partial charge in [-0.3, -0.25) is 4.72 Å². The zero-order valence-corrected chi connectivity index (χ0v) is 11.9. The fraction of sp³-hybridized carbons (Fsp3) is 0.0769. The molecule has 0 unspecified atom stereocenters. The van der Waals surface area contributed by atoms with Crippen molar-refractivity contribution in [2.75, 3.05) is 4.72 Å². The third-order valence-electron chi connectivity index (χ3n) is 2.32. The maximum Gasteiger partial charge on any atom is 0.236 e. The monoisotopic (exact) mass is 325 g/mol. The smallest absolute Gasteiger partial charge is 0.236 e. The lowest BCUT2D eigenvalue weighted by molar-refractivity contribution is 0.600. The zero-order valence-electron chi connectivity index (χ0n) is 9.51. The van der Waals surface area contributed by atoms with E-state index in [2.05, 4.69) is 20.7 Å². The Morgan fingerprint density at radius 3 is 2.17 bits per heavy atom. The van der Waals surface area contributed by atoms with Crippen molar-refractivity contribution in [2.24, 2.45) is 0 Å². The van der Waals surface area contributed by atoms with Crippen LogP contribution in [0.2, 0.25) is 0 Å². The van der Waals surface area contributed by atoms with E-state index in [-0.39, 0.29) is 5.75 Å². The third-order valence-corrected chi connectivity index (χ3v) is 4.11. The normalized spacial score (nSPS) is 11.2. The molecular weight excluding hydrogens is 314 g/mol. The minimum atomic E-state index is -3.37. The number of rotatable bonds is 4. The summed E-state index contributed by atoms with van der Waals surface area (Å²) in [6.07, 6.45) is 0. The van der Waals surface area contributed by atoms with E-state index in [0.29, 0.717) is 5.69 Å². The summed E-state index contributed by atoms with van der Waals surface area (Å²) < 4.78 is 27.3. The highest BCUT2D eigenvalue weighted by Gasteiger charge is 2.11. The lowest BCUT2D eigenvalue weighted by atomic mass is 10.2. The van der Waals surface area contributed by atoms with Gasteiger partial charge in [0.1, 0.15) is 0 Å². The summed E-state index contributed by atoms with van der Waals surface area (Å²) in [5, 5.41) is 0. The molecule has 1 N–H and O–H groups in total. The van der Waals surface area contributed by atoms with Gasteiger partial charge >= 0.3 is 0 Å². The maximum atomic E-state index is 11.9. The number of anilines is 1. The number of nitrogens with one attached hydrogen (secondary N) is 1. The fourth-order valence-corrected chi connectivity index (χ4v) is 2.99. The largest absolute Gasteiger partial charge is 0.283 e. The van der Waals surface area contributed by atoms with Crippen molar-refractivity contribution in [3.63, 3.8) is 0 Å². The third kappa shape index (κ3) is 3.85. The predicted molar refractivity (Wildman–Crippen MR) is 76.8 cm³/mol. The Balaban J connectivity index is 2.10. The molecule has 0 aromatic heterocycles. The van der Waals surface area contributed by atoms with Gasteiger partial charge in [0, 0.05) is 10.2 Å². The summed E-state index contributed by atoms with van der Waals surface area (Å²) in [6, 6.07) is 16.1. The van der Waals surface area contributed by atoms with E-state index < -0.39 is 10.0 Å². The van der Waals surface area contributed by atoms with Gasteiger partial charge in [0.2, 0.25) is 10.0 Å². The van der Waals surface area contributed by atoms with E-state index >= 15 is 0 Å². The Morgan fingerprint density at radius 1 is 0.944 bits per heavy atom. The number of halogens is 1. The average molecular weight is 326 g/mol. The first-order valence-corrected chi connectivity index (χ1v) is 7.80. The lowest BCUT2D eigenvalue weighted by Gasteiger charge is -2.08. The maximum absolute atomic E-state index is 11.9. The molecule has 0 aliphatic rings. The van der Waals surface area contributed by atoms with Gasteiger partial charge in [0.05, 0.1) is 5.75 Å². The molecule has 0 aliphatic heterocycles. The molecule has 2 aromatic rings. The van der Waals surface area contributed by atoms with Crippen LogP contribution in [0.1, 0.15) is 5.56 Å².